The van der Waals surface area contributed by atoms with Gasteiger partial charge in [-0.2, -0.15) is 0 Å². The molecule has 0 fully saturated rings. The highest BCUT2D eigenvalue weighted by atomic mass is 35.5. The lowest BCUT2D eigenvalue weighted by molar-refractivity contribution is 0.380. The van der Waals surface area contributed by atoms with Gasteiger partial charge in [0.25, 0.3) is 0 Å². The van der Waals surface area contributed by atoms with Crippen LogP contribution in [-0.4, -0.2) is 10.8 Å². The fourth-order valence-corrected chi connectivity index (χ4v) is 2.94. The molecule has 2 aromatic rings. The number of hydrogen-bond donors (Lipinski definition) is 0. The zero-order chi connectivity index (χ0) is 15.1. The van der Waals surface area contributed by atoms with Gasteiger partial charge in [0.2, 0.25) is 0 Å². The van der Waals surface area contributed by atoms with Crippen molar-refractivity contribution in [1.29, 1.82) is 0 Å². The van der Waals surface area contributed by atoms with Crippen molar-refractivity contribution in [2.24, 2.45) is 0 Å². The van der Waals surface area contributed by atoms with Crippen LogP contribution in [0.3, 0.4) is 0 Å². The topological polar surface area (TPSA) is 35.1 Å². The molecule has 0 amide bonds. The Balaban J connectivity index is 2.75. The molecule has 2 rings (SSSR count). The van der Waals surface area contributed by atoms with Gasteiger partial charge in [0.15, 0.2) is 0 Å². The van der Waals surface area contributed by atoms with E-state index in [1.165, 1.54) is 28.5 Å². The van der Waals surface area contributed by atoms with E-state index < -0.39 is 11.6 Å². The molecule has 108 valence electrons. The maximum Gasteiger partial charge on any atom is 0.424 e. The van der Waals surface area contributed by atoms with Crippen LogP contribution in [-0.2, 0) is 5.41 Å². The van der Waals surface area contributed by atoms with Crippen LogP contribution < -0.4 is 5.76 Å². The molecule has 1 aromatic carbocycles. The summed E-state index contributed by atoms with van der Waals surface area (Å²) in [6.45, 7) is 5.81. The summed E-state index contributed by atoms with van der Waals surface area (Å²) in [6, 6.07) is 4.19. The second kappa shape index (κ2) is 5.30. The molecule has 1 aromatic heterocycles. The lowest BCUT2D eigenvalue weighted by Gasteiger charge is -2.16. The molecule has 0 atom stereocenters. The van der Waals surface area contributed by atoms with Gasteiger partial charge in [-0.3, -0.25) is 0 Å². The van der Waals surface area contributed by atoms with Crippen LogP contribution in [0.1, 0.15) is 26.5 Å². The van der Waals surface area contributed by atoms with Crippen LogP contribution in [0.4, 0.5) is 4.39 Å². The van der Waals surface area contributed by atoms with E-state index in [0.29, 0.717) is 10.8 Å². The van der Waals surface area contributed by atoms with Crippen LogP contribution in [0.5, 0.6) is 0 Å². The Kier molecular flexibility index (Phi) is 4.02. The number of halogens is 2. The monoisotopic (exact) mass is 315 g/mol. The molecule has 0 bridgehead atoms. The van der Waals surface area contributed by atoms with Gasteiger partial charge < -0.3 is 4.42 Å². The van der Waals surface area contributed by atoms with Crippen molar-refractivity contribution in [2.75, 3.05) is 6.26 Å². The molecule has 0 saturated heterocycles. The molecule has 0 aliphatic heterocycles. The number of oxazole rings is 1. The Morgan fingerprint density at radius 3 is 2.50 bits per heavy atom. The van der Waals surface area contributed by atoms with E-state index in [2.05, 4.69) is 0 Å². The van der Waals surface area contributed by atoms with Gasteiger partial charge in [0, 0.05) is 10.4 Å². The maximum absolute atomic E-state index is 14.0. The molecule has 0 spiro atoms. The fourth-order valence-electron chi connectivity index (χ4n) is 1.89. The lowest BCUT2D eigenvalue weighted by Crippen LogP contribution is -2.14. The first kappa shape index (κ1) is 15.2. The van der Waals surface area contributed by atoms with Crippen molar-refractivity contribution in [1.82, 2.24) is 4.57 Å². The Morgan fingerprint density at radius 2 is 2.00 bits per heavy atom. The molecule has 0 aliphatic carbocycles. The summed E-state index contributed by atoms with van der Waals surface area (Å²) >= 11 is 7.09. The fraction of sp³-hybridized carbons (Fsp3) is 0.357. The van der Waals surface area contributed by atoms with Gasteiger partial charge in [-0.1, -0.05) is 32.4 Å². The van der Waals surface area contributed by atoms with Crippen molar-refractivity contribution in [2.45, 2.75) is 31.2 Å². The summed E-state index contributed by atoms with van der Waals surface area (Å²) in [6.07, 6.45) is 1.82. The van der Waals surface area contributed by atoms with Crippen molar-refractivity contribution < 1.29 is 8.81 Å². The summed E-state index contributed by atoms with van der Waals surface area (Å²) < 4.78 is 20.6. The second-order valence-electron chi connectivity index (χ2n) is 5.39. The SMILES string of the molecule is CSc1c(C(C)(C)C)oc(=O)n1-c1ccc(Cl)cc1F. The summed E-state index contributed by atoms with van der Waals surface area (Å²) in [7, 11) is 0. The van der Waals surface area contributed by atoms with Crippen LogP contribution >= 0.6 is 23.4 Å². The molecule has 0 aliphatic rings. The molecule has 3 nitrogen and oxygen atoms in total. The van der Waals surface area contributed by atoms with E-state index in [-0.39, 0.29) is 16.1 Å². The zero-order valence-electron chi connectivity index (χ0n) is 11.7. The van der Waals surface area contributed by atoms with E-state index in [9.17, 15) is 9.18 Å². The summed E-state index contributed by atoms with van der Waals surface area (Å²) in [5, 5.41) is 0.883. The average Bonchev–Trinajstić information content (AvgIpc) is 2.66. The van der Waals surface area contributed by atoms with E-state index in [1.807, 2.05) is 27.0 Å². The van der Waals surface area contributed by atoms with E-state index >= 15 is 0 Å². The molecule has 0 N–H and O–H groups in total. The van der Waals surface area contributed by atoms with Gasteiger partial charge in [-0.15, -0.1) is 11.8 Å². The number of thioether (sulfide) groups is 1. The molecule has 20 heavy (non-hydrogen) atoms. The minimum atomic E-state index is -0.597. The third-order valence-corrected chi connectivity index (χ3v) is 3.78. The van der Waals surface area contributed by atoms with Crippen molar-refractivity contribution in [3.05, 3.63) is 45.3 Å². The molecule has 1 heterocycles. The van der Waals surface area contributed by atoms with Gasteiger partial charge >= 0.3 is 5.76 Å². The number of aromatic nitrogens is 1. The van der Waals surface area contributed by atoms with Gasteiger partial charge in [-0.25, -0.2) is 13.8 Å². The third-order valence-electron chi connectivity index (χ3n) is 2.79. The highest BCUT2D eigenvalue weighted by Crippen LogP contribution is 2.33. The highest BCUT2D eigenvalue weighted by molar-refractivity contribution is 7.98. The van der Waals surface area contributed by atoms with Crippen molar-refractivity contribution in [3.8, 4) is 5.69 Å². The molecule has 0 unspecified atom stereocenters. The predicted molar refractivity (Wildman–Crippen MR) is 79.8 cm³/mol. The van der Waals surface area contributed by atoms with Crippen molar-refractivity contribution >= 4 is 23.4 Å². The van der Waals surface area contributed by atoms with Gasteiger partial charge in [0.1, 0.15) is 16.6 Å². The zero-order valence-corrected chi connectivity index (χ0v) is 13.2. The third kappa shape index (κ3) is 2.65. The first-order chi connectivity index (χ1) is 9.25. The first-order valence-corrected chi connectivity index (χ1v) is 7.61. The predicted octanol–water partition coefficient (Wildman–Crippen LogP) is 4.24. The molecule has 0 radical (unpaired) electrons. The number of benzene rings is 1. The van der Waals surface area contributed by atoms with E-state index in [1.54, 1.807) is 6.07 Å². The number of nitrogens with zero attached hydrogens (tertiary/aromatic N) is 1. The Hall–Kier alpha value is -1.20. The smallest absolute Gasteiger partial charge is 0.411 e. The minimum absolute atomic E-state index is 0.142. The Morgan fingerprint density at radius 1 is 1.35 bits per heavy atom. The lowest BCUT2D eigenvalue weighted by atomic mass is 9.94. The van der Waals surface area contributed by atoms with Crippen molar-refractivity contribution in [3.63, 3.8) is 0 Å². The second-order valence-corrected chi connectivity index (χ2v) is 6.62. The molecule has 6 heteroatoms. The highest BCUT2D eigenvalue weighted by Gasteiger charge is 2.28. The van der Waals surface area contributed by atoms with Gasteiger partial charge in [0.05, 0.1) is 5.69 Å². The summed E-state index contributed by atoms with van der Waals surface area (Å²) in [5.74, 6) is -0.610. The normalized spacial score (nSPS) is 11.9. The van der Waals surface area contributed by atoms with Crippen LogP contribution in [0.15, 0.2) is 32.4 Å². The maximum atomic E-state index is 14.0. The summed E-state index contributed by atoms with van der Waals surface area (Å²) in [4.78, 5) is 12.1. The summed E-state index contributed by atoms with van der Waals surface area (Å²) in [5.41, 5.74) is -0.200. The minimum Gasteiger partial charge on any atom is -0.411 e. The Bertz CT molecular complexity index is 700. The Labute approximate surface area is 125 Å². The average molecular weight is 316 g/mol. The van der Waals surface area contributed by atoms with Crippen LogP contribution in [0, 0.1) is 5.82 Å². The largest absolute Gasteiger partial charge is 0.424 e. The number of rotatable bonds is 2. The van der Waals surface area contributed by atoms with E-state index in [0.717, 1.165) is 0 Å². The molecular weight excluding hydrogens is 301 g/mol. The standard InChI is InChI=1S/C14H15ClFNO2S/c1-14(2,3)11-12(20-4)17(13(18)19-11)10-6-5-8(15)7-9(10)16/h5-7H,1-4H3. The first-order valence-electron chi connectivity index (χ1n) is 6.01. The van der Waals surface area contributed by atoms with Crippen LogP contribution in [0.25, 0.3) is 5.69 Å². The van der Waals surface area contributed by atoms with Crippen LogP contribution in [0.2, 0.25) is 5.02 Å². The number of hydrogen-bond acceptors (Lipinski definition) is 3. The quantitative estimate of drug-likeness (QED) is 0.777. The molecule has 0 saturated carbocycles. The molecular formula is C14H15ClFNO2S. The van der Waals surface area contributed by atoms with Gasteiger partial charge in [-0.05, 0) is 24.5 Å². The van der Waals surface area contributed by atoms with E-state index in [4.69, 9.17) is 16.0 Å².